The number of nitrogens with one attached hydrogen (secondary N) is 1. The van der Waals surface area contributed by atoms with E-state index >= 15 is 0 Å². The Kier molecular flexibility index (Phi) is 3.23. The van der Waals surface area contributed by atoms with Crippen molar-refractivity contribution in [1.29, 1.82) is 0 Å². The van der Waals surface area contributed by atoms with Gasteiger partial charge in [0.15, 0.2) is 0 Å². The second kappa shape index (κ2) is 4.43. The Morgan fingerprint density at radius 1 is 1.15 bits per heavy atom. The molecule has 0 saturated heterocycles. The van der Waals surface area contributed by atoms with E-state index in [1.165, 1.54) is 51.4 Å². The molecule has 0 heterocycles. The van der Waals surface area contributed by atoms with Gasteiger partial charge in [-0.15, -0.1) is 0 Å². The fraction of sp³-hybridized carbons (Fsp3) is 1.00. The predicted octanol–water partition coefficient (Wildman–Crippen LogP) is 2.20. The SMILES string of the molecule is NNC(CCC1CCCC1)C1CC1. The molecule has 3 N–H and O–H groups in total. The minimum absolute atomic E-state index is 0.626. The van der Waals surface area contributed by atoms with Gasteiger partial charge in [-0.05, 0) is 37.5 Å². The van der Waals surface area contributed by atoms with Crippen LogP contribution in [0.25, 0.3) is 0 Å². The van der Waals surface area contributed by atoms with E-state index in [1.54, 1.807) is 0 Å². The third-order valence-electron chi connectivity index (χ3n) is 3.77. The first kappa shape index (κ1) is 9.47. The van der Waals surface area contributed by atoms with Gasteiger partial charge < -0.3 is 0 Å². The van der Waals surface area contributed by atoms with Gasteiger partial charge >= 0.3 is 0 Å². The molecular formula is C11H22N2. The first-order valence-electron chi connectivity index (χ1n) is 5.86. The predicted molar refractivity (Wildman–Crippen MR) is 55.0 cm³/mol. The van der Waals surface area contributed by atoms with Crippen LogP contribution in [-0.2, 0) is 0 Å². The molecule has 2 fully saturated rings. The summed E-state index contributed by atoms with van der Waals surface area (Å²) in [5.74, 6) is 7.48. The van der Waals surface area contributed by atoms with Crippen LogP contribution >= 0.6 is 0 Å². The largest absolute Gasteiger partial charge is 0.271 e. The molecule has 2 saturated carbocycles. The quantitative estimate of drug-likeness (QED) is 0.505. The minimum atomic E-state index is 0.626. The average Bonchev–Trinajstić information content (AvgIpc) is 2.84. The molecular weight excluding hydrogens is 160 g/mol. The van der Waals surface area contributed by atoms with Gasteiger partial charge in [0.1, 0.15) is 0 Å². The summed E-state index contributed by atoms with van der Waals surface area (Å²) in [5, 5.41) is 0. The molecule has 2 aliphatic rings. The van der Waals surface area contributed by atoms with Crippen LogP contribution in [0.5, 0.6) is 0 Å². The van der Waals surface area contributed by atoms with E-state index in [9.17, 15) is 0 Å². The second-order valence-corrected chi connectivity index (χ2v) is 4.84. The van der Waals surface area contributed by atoms with E-state index in [0.717, 1.165) is 11.8 Å². The summed E-state index contributed by atoms with van der Waals surface area (Å²) in [7, 11) is 0. The van der Waals surface area contributed by atoms with Crippen LogP contribution in [0.2, 0.25) is 0 Å². The Morgan fingerprint density at radius 3 is 2.38 bits per heavy atom. The lowest BCUT2D eigenvalue weighted by atomic mass is 9.97. The van der Waals surface area contributed by atoms with Crippen molar-refractivity contribution in [2.45, 2.75) is 57.4 Å². The summed E-state index contributed by atoms with van der Waals surface area (Å²) in [6.07, 6.45) is 11.4. The molecule has 1 atom stereocenters. The molecule has 0 aromatic rings. The molecule has 2 heteroatoms. The van der Waals surface area contributed by atoms with Crippen molar-refractivity contribution in [3.05, 3.63) is 0 Å². The maximum absolute atomic E-state index is 5.55. The highest BCUT2D eigenvalue weighted by Crippen LogP contribution is 2.36. The van der Waals surface area contributed by atoms with E-state index in [2.05, 4.69) is 5.43 Å². The molecule has 0 aromatic carbocycles. The molecule has 13 heavy (non-hydrogen) atoms. The number of hydrogen-bond acceptors (Lipinski definition) is 2. The Bertz CT molecular complexity index is 148. The van der Waals surface area contributed by atoms with Gasteiger partial charge in [-0.25, -0.2) is 0 Å². The lowest BCUT2D eigenvalue weighted by Crippen LogP contribution is -2.36. The number of hydrazine groups is 1. The Morgan fingerprint density at radius 2 is 1.85 bits per heavy atom. The fourth-order valence-electron chi connectivity index (χ4n) is 2.67. The van der Waals surface area contributed by atoms with Gasteiger partial charge in [-0.3, -0.25) is 11.3 Å². The van der Waals surface area contributed by atoms with Crippen LogP contribution in [0, 0.1) is 11.8 Å². The van der Waals surface area contributed by atoms with Gasteiger partial charge in [-0.1, -0.05) is 25.7 Å². The Hall–Kier alpha value is -0.0800. The third-order valence-corrected chi connectivity index (χ3v) is 3.77. The fourth-order valence-corrected chi connectivity index (χ4v) is 2.67. The van der Waals surface area contributed by atoms with Crippen LogP contribution in [-0.4, -0.2) is 6.04 Å². The van der Waals surface area contributed by atoms with Crippen molar-refractivity contribution in [2.24, 2.45) is 17.7 Å². The first-order valence-corrected chi connectivity index (χ1v) is 5.86. The van der Waals surface area contributed by atoms with Gasteiger partial charge in [0.2, 0.25) is 0 Å². The van der Waals surface area contributed by atoms with Crippen molar-refractivity contribution < 1.29 is 0 Å². The highest BCUT2D eigenvalue weighted by Gasteiger charge is 2.30. The lowest BCUT2D eigenvalue weighted by Gasteiger charge is -2.17. The molecule has 0 aromatic heterocycles. The summed E-state index contributed by atoms with van der Waals surface area (Å²) in [5.41, 5.74) is 2.99. The normalized spacial score (nSPS) is 26.5. The molecule has 76 valence electrons. The van der Waals surface area contributed by atoms with Crippen LogP contribution in [0.15, 0.2) is 0 Å². The van der Waals surface area contributed by atoms with E-state index in [1.807, 2.05) is 0 Å². The molecule has 2 nitrogen and oxygen atoms in total. The third kappa shape index (κ3) is 2.68. The molecule has 2 aliphatic carbocycles. The number of hydrogen-bond donors (Lipinski definition) is 2. The van der Waals surface area contributed by atoms with E-state index in [-0.39, 0.29) is 0 Å². The van der Waals surface area contributed by atoms with Crippen molar-refractivity contribution in [1.82, 2.24) is 5.43 Å². The Balaban J connectivity index is 1.64. The van der Waals surface area contributed by atoms with Crippen molar-refractivity contribution >= 4 is 0 Å². The van der Waals surface area contributed by atoms with Gasteiger partial charge in [-0.2, -0.15) is 0 Å². The van der Waals surface area contributed by atoms with Crippen molar-refractivity contribution in [3.63, 3.8) is 0 Å². The molecule has 0 aliphatic heterocycles. The van der Waals surface area contributed by atoms with Crippen molar-refractivity contribution in [3.8, 4) is 0 Å². The Labute approximate surface area is 81.2 Å². The zero-order valence-electron chi connectivity index (χ0n) is 8.47. The monoisotopic (exact) mass is 182 g/mol. The molecule has 0 bridgehead atoms. The summed E-state index contributed by atoms with van der Waals surface area (Å²) in [6, 6.07) is 0.626. The smallest absolute Gasteiger partial charge is 0.0238 e. The molecule has 2 rings (SSSR count). The molecule has 0 spiro atoms. The first-order chi connectivity index (χ1) is 6.40. The van der Waals surface area contributed by atoms with Crippen LogP contribution < -0.4 is 11.3 Å². The molecule has 0 amide bonds. The summed E-state index contributed by atoms with van der Waals surface area (Å²) in [4.78, 5) is 0. The zero-order valence-corrected chi connectivity index (χ0v) is 8.47. The summed E-state index contributed by atoms with van der Waals surface area (Å²) in [6.45, 7) is 0. The minimum Gasteiger partial charge on any atom is -0.271 e. The maximum atomic E-state index is 5.55. The van der Waals surface area contributed by atoms with Crippen molar-refractivity contribution in [2.75, 3.05) is 0 Å². The van der Waals surface area contributed by atoms with E-state index in [4.69, 9.17) is 5.84 Å². The second-order valence-electron chi connectivity index (χ2n) is 4.84. The highest BCUT2D eigenvalue weighted by atomic mass is 15.2. The standard InChI is InChI=1S/C11H22N2/c12-13-11(10-6-7-10)8-5-9-3-1-2-4-9/h9-11,13H,1-8,12H2. The van der Waals surface area contributed by atoms with Crippen LogP contribution in [0.1, 0.15) is 51.4 Å². The summed E-state index contributed by atoms with van der Waals surface area (Å²) >= 11 is 0. The average molecular weight is 182 g/mol. The maximum Gasteiger partial charge on any atom is 0.0238 e. The molecule has 0 radical (unpaired) electrons. The number of rotatable bonds is 5. The lowest BCUT2D eigenvalue weighted by molar-refractivity contribution is 0.382. The molecule has 1 unspecified atom stereocenters. The highest BCUT2D eigenvalue weighted by molar-refractivity contribution is 4.85. The van der Waals surface area contributed by atoms with Crippen LogP contribution in [0.3, 0.4) is 0 Å². The van der Waals surface area contributed by atoms with Gasteiger partial charge in [0.25, 0.3) is 0 Å². The number of nitrogens with two attached hydrogens (primary N) is 1. The topological polar surface area (TPSA) is 38.0 Å². The van der Waals surface area contributed by atoms with E-state index in [0.29, 0.717) is 6.04 Å². The zero-order chi connectivity index (χ0) is 9.10. The van der Waals surface area contributed by atoms with E-state index < -0.39 is 0 Å². The van der Waals surface area contributed by atoms with Gasteiger partial charge in [0, 0.05) is 6.04 Å². The van der Waals surface area contributed by atoms with Gasteiger partial charge in [0.05, 0.1) is 0 Å². The summed E-state index contributed by atoms with van der Waals surface area (Å²) < 4.78 is 0. The van der Waals surface area contributed by atoms with Crippen LogP contribution in [0.4, 0.5) is 0 Å².